The fourth-order valence-corrected chi connectivity index (χ4v) is 4.98. The molecule has 5 nitrogen and oxygen atoms in total. The minimum Gasteiger partial charge on any atom is -0.489 e. The number of pyridine rings is 1. The second-order valence-corrected chi connectivity index (χ2v) is 9.33. The zero-order valence-corrected chi connectivity index (χ0v) is 19.6. The molecule has 1 N–H and O–H groups in total. The number of hydrogen-bond donors (Lipinski definition) is 1. The first-order chi connectivity index (χ1) is 15.6. The summed E-state index contributed by atoms with van der Waals surface area (Å²) in [7, 11) is 0. The van der Waals surface area contributed by atoms with Crippen LogP contribution >= 0.6 is 0 Å². The maximum absolute atomic E-state index is 13.0. The summed E-state index contributed by atoms with van der Waals surface area (Å²) in [6.45, 7) is 8.73. The number of nitrogens with zero attached hydrogens (tertiary/aromatic N) is 2. The van der Waals surface area contributed by atoms with Crippen LogP contribution in [0.4, 0.5) is 24.7 Å². The highest BCUT2D eigenvalue weighted by atomic mass is 19.4. The van der Waals surface area contributed by atoms with Crippen molar-refractivity contribution in [3.63, 3.8) is 0 Å². The molecule has 2 aromatic rings. The second-order valence-electron chi connectivity index (χ2n) is 9.33. The summed E-state index contributed by atoms with van der Waals surface area (Å²) in [5, 5.41) is 3.43. The molecule has 2 unspecified atom stereocenters. The van der Waals surface area contributed by atoms with Crippen molar-refractivity contribution >= 4 is 11.5 Å². The first-order valence-corrected chi connectivity index (χ1v) is 11.5. The Morgan fingerprint density at radius 2 is 1.85 bits per heavy atom. The quantitative estimate of drug-likeness (QED) is 0.638. The summed E-state index contributed by atoms with van der Waals surface area (Å²) in [5.41, 5.74) is 5.21. The third kappa shape index (κ3) is 5.44. The van der Waals surface area contributed by atoms with Crippen LogP contribution < -0.4 is 10.1 Å². The Morgan fingerprint density at radius 1 is 1.15 bits per heavy atom. The van der Waals surface area contributed by atoms with Crippen LogP contribution in [0.25, 0.3) is 0 Å². The number of ether oxygens (including phenoxy) is 2. The Bertz CT molecular complexity index is 982. The van der Waals surface area contributed by atoms with Crippen LogP contribution in [-0.2, 0) is 11.2 Å². The lowest BCUT2D eigenvalue weighted by Gasteiger charge is -2.47. The highest BCUT2D eigenvalue weighted by molar-refractivity contribution is 5.66. The molecular formula is C25H32F3N3O2. The van der Waals surface area contributed by atoms with E-state index in [9.17, 15) is 13.2 Å². The molecule has 2 fully saturated rings. The summed E-state index contributed by atoms with van der Waals surface area (Å²) in [4.78, 5) is 6.13. The molecule has 1 aromatic carbocycles. The van der Waals surface area contributed by atoms with Gasteiger partial charge in [0.05, 0.1) is 19.8 Å². The van der Waals surface area contributed by atoms with E-state index in [1.165, 1.54) is 10.5 Å². The predicted octanol–water partition coefficient (Wildman–Crippen LogP) is 5.20. The molecule has 2 bridgehead atoms. The van der Waals surface area contributed by atoms with Crippen molar-refractivity contribution in [1.82, 2.24) is 9.88 Å². The first kappa shape index (κ1) is 23.8. The van der Waals surface area contributed by atoms with Crippen LogP contribution in [0.1, 0.15) is 29.2 Å². The Morgan fingerprint density at radius 3 is 2.45 bits per heavy atom. The van der Waals surface area contributed by atoms with Crippen molar-refractivity contribution < 1.29 is 22.6 Å². The lowest BCUT2D eigenvalue weighted by atomic mass is 9.84. The van der Waals surface area contributed by atoms with Crippen molar-refractivity contribution in [2.75, 3.05) is 38.2 Å². The van der Waals surface area contributed by atoms with Gasteiger partial charge in [-0.15, -0.1) is 0 Å². The molecule has 180 valence electrons. The molecule has 2 atom stereocenters. The van der Waals surface area contributed by atoms with E-state index >= 15 is 0 Å². The van der Waals surface area contributed by atoms with E-state index in [4.69, 9.17) is 9.47 Å². The maximum Gasteiger partial charge on any atom is 0.401 e. The molecule has 0 radical (unpaired) electrons. The van der Waals surface area contributed by atoms with E-state index in [1.807, 2.05) is 19.2 Å². The molecular weight excluding hydrogens is 431 g/mol. The summed E-state index contributed by atoms with van der Waals surface area (Å²) < 4.78 is 51.2. The third-order valence-electron chi connectivity index (χ3n) is 6.59. The van der Waals surface area contributed by atoms with E-state index in [0.717, 1.165) is 40.4 Å². The Hall–Kier alpha value is -2.32. The number of halogens is 3. The molecule has 8 heteroatoms. The minimum absolute atomic E-state index is 0.104. The number of benzene rings is 1. The average Bonchev–Trinajstić information content (AvgIpc) is 2.72. The Labute approximate surface area is 193 Å². The number of nitrogens with one attached hydrogen (secondary N) is 1. The number of rotatable bonds is 6. The molecule has 2 aliphatic rings. The highest BCUT2D eigenvalue weighted by Crippen LogP contribution is 2.37. The fourth-order valence-electron chi connectivity index (χ4n) is 4.98. The molecule has 3 heterocycles. The van der Waals surface area contributed by atoms with Crippen molar-refractivity contribution in [3.8, 4) is 5.75 Å². The van der Waals surface area contributed by atoms with Gasteiger partial charge in [-0.05, 0) is 38.8 Å². The number of alkyl halides is 3. The smallest absolute Gasteiger partial charge is 0.401 e. The number of anilines is 2. The van der Waals surface area contributed by atoms with E-state index in [2.05, 4.69) is 43.2 Å². The average molecular weight is 464 g/mol. The van der Waals surface area contributed by atoms with Crippen molar-refractivity contribution in [2.24, 2.45) is 11.8 Å². The van der Waals surface area contributed by atoms with Crippen LogP contribution in [0, 0.1) is 32.6 Å². The van der Waals surface area contributed by atoms with Gasteiger partial charge in [0.15, 0.2) is 0 Å². The molecule has 0 aliphatic carbocycles. The van der Waals surface area contributed by atoms with Crippen LogP contribution in [0.5, 0.6) is 5.75 Å². The van der Waals surface area contributed by atoms with Gasteiger partial charge in [-0.1, -0.05) is 24.6 Å². The first-order valence-electron chi connectivity index (χ1n) is 11.5. The van der Waals surface area contributed by atoms with Crippen LogP contribution in [0.15, 0.2) is 24.4 Å². The number of piperidine rings is 1. The van der Waals surface area contributed by atoms with Crippen molar-refractivity contribution in [1.29, 1.82) is 0 Å². The molecule has 2 aliphatic heterocycles. The third-order valence-corrected chi connectivity index (χ3v) is 6.59. The summed E-state index contributed by atoms with van der Waals surface area (Å²) >= 11 is 0. The van der Waals surface area contributed by atoms with Gasteiger partial charge in [-0.2, -0.15) is 13.2 Å². The van der Waals surface area contributed by atoms with Gasteiger partial charge in [0, 0.05) is 47.9 Å². The van der Waals surface area contributed by atoms with Crippen LogP contribution in [0.3, 0.4) is 0 Å². The molecule has 0 amide bonds. The summed E-state index contributed by atoms with van der Waals surface area (Å²) in [5.74, 6) is 1.30. The zero-order valence-electron chi connectivity index (χ0n) is 19.6. The fraction of sp³-hybridized carbons (Fsp3) is 0.560. The van der Waals surface area contributed by atoms with Gasteiger partial charge in [0.1, 0.15) is 17.7 Å². The predicted molar refractivity (Wildman–Crippen MR) is 122 cm³/mol. The van der Waals surface area contributed by atoms with Crippen molar-refractivity contribution in [2.45, 2.75) is 46.4 Å². The largest absolute Gasteiger partial charge is 0.489 e. The SMILES string of the molecule is CCc1cnc(Nc2ccc(C)cc2C)c(C)c1OC1C2COCC1CN(CC(F)(F)F)C2. The molecule has 1 aromatic heterocycles. The molecule has 0 saturated carbocycles. The van der Waals surface area contributed by atoms with Gasteiger partial charge in [-0.3, -0.25) is 4.90 Å². The molecule has 33 heavy (non-hydrogen) atoms. The normalized spacial score (nSPS) is 23.4. The Kier molecular flexibility index (Phi) is 6.86. The van der Waals surface area contributed by atoms with Crippen LogP contribution in [-0.4, -0.2) is 55.0 Å². The lowest BCUT2D eigenvalue weighted by molar-refractivity contribution is -0.172. The van der Waals surface area contributed by atoms with E-state index < -0.39 is 12.7 Å². The van der Waals surface area contributed by atoms with Gasteiger partial charge in [0.2, 0.25) is 0 Å². The number of aryl methyl sites for hydroxylation is 3. The molecule has 4 rings (SSSR count). The maximum atomic E-state index is 13.0. The second kappa shape index (κ2) is 9.50. The van der Waals surface area contributed by atoms with Crippen LogP contribution in [0.2, 0.25) is 0 Å². The number of fused-ring (bicyclic) bond motifs is 2. The molecule has 2 saturated heterocycles. The monoisotopic (exact) mass is 463 g/mol. The van der Waals surface area contributed by atoms with Gasteiger partial charge in [-0.25, -0.2) is 4.98 Å². The number of hydrogen-bond acceptors (Lipinski definition) is 5. The summed E-state index contributed by atoms with van der Waals surface area (Å²) in [6, 6.07) is 6.21. The number of likely N-dealkylation sites (tertiary alicyclic amines) is 1. The molecule has 0 spiro atoms. The minimum atomic E-state index is -4.20. The standard InChI is InChI=1S/C25H32F3N3O2/c1-5-18-9-29-24(30-21-7-6-15(2)8-16(21)3)17(4)22(18)33-23-19-10-31(14-25(26,27)28)11-20(23)13-32-12-19/h6-9,19-20,23H,5,10-14H2,1-4H3,(H,29,30). The topological polar surface area (TPSA) is 46.6 Å². The Balaban J connectivity index is 1.58. The van der Waals surface area contributed by atoms with Crippen molar-refractivity contribution in [3.05, 3.63) is 46.6 Å². The van der Waals surface area contributed by atoms with Gasteiger partial charge >= 0.3 is 6.18 Å². The van der Waals surface area contributed by atoms with Gasteiger partial charge in [0.25, 0.3) is 0 Å². The van der Waals surface area contributed by atoms with E-state index in [0.29, 0.717) is 26.3 Å². The number of aromatic nitrogens is 1. The highest BCUT2D eigenvalue weighted by Gasteiger charge is 2.45. The van der Waals surface area contributed by atoms with Gasteiger partial charge < -0.3 is 14.8 Å². The lowest BCUT2D eigenvalue weighted by Crippen LogP contribution is -2.58. The zero-order chi connectivity index (χ0) is 23.8. The van der Waals surface area contributed by atoms with E-state index in [-0.39, 0.29) is 17.9 Å². The summed E-state index contributed by atoms with van der Waals surface area (Å²) in [6.07, 6.45) is -1.79. The van der Waals surface area contributed by atoms with E-state index in [1.54, 1.807) is 0 Å².